The van der Waals surface area contributed by atoms with Crippen molar-refractivity contribution in [3.05, 3.63) is 41.5 Å². The fraction of sp³-hybridized carbons (Fsp3) is 0.500. The third-order valence-electron chi connectivity index (χ3n) is 5.02. The minimum Gasteiger partial charge on any atom is -0.340 e. The Kier molecular flexibility index (Phi) is 3.96. The van der Waals surface area contributed by atoms with Crippen LogP contribution in [0.1, 0.15) is 42.5 Å². The predicted molar refractivity (Wildman–Crippen MR) is 90.1 cm³/mol. The molecule has 2 aliphatic rings. The summed E-state index contributed by atoms with van der Waals surface area (Å²) in [6.45, 7) is 4.11. The Morgan fingerprint density at radius 3 is 2.75 bits per heavy atom. The second-order valence-corrected chi connectivity index (χ2v) is 6.60. The lowest BCUT2D eigenvalue weighted by Gasteiger charge is -2.37. The second-order valence-electron chi connectivity index (χ2n) is 6.60. The van der Waals surface area contributed by atoms with E-state index in [1.807, 2.05) is 28.9 Å². The third-order valence-corrected chi connectivity index (χ3v) is 5.02. The van der Waals surface area contributed by atoms with Gasteiger partial charge >= 0.3 is 6.03 Å². The van der Waals surface area contributed by atoms with Gasteiger partial charge in [-0.1, -0.05) is 23.4 Å². The molecule has 2 aliphatic heterocycles. The number of aryl methyl sites for hydroxylation is 2. The average Bonchev–Trinajstić information content (AvgIpc) is 3.07. The molecule has 0 radical (unpaired) electrons. The van der Waals surface area contributed by atoms with Crippen LogP contribution >= 0.6 is 0 Å². The van der Waals surface area contributed by atoms with Crippen LogP contribution < -0.4 is 4.90 Å². The number of amides is 2. The molecule has 1 saturated heterocycles. The number of benzene rings is 1. The molecule has 1 fully saturated rings. The highest BCUT2D eigenvalue weighted by Crippen LogP contribution is 2.30. The summed E-state index contributed by atoms with van der Waals surface area (Å²) in [7, 11) is 0. The Morgan fingerprint density at radius 1 is 1.21 bits per heavy atom. The highest BCUT2D eigenvalue weighted by Gasteiger charge is 2.31. The van der Waals surface area contributed by atoms with Gasteiger partial charge in [-0.2, -0.15) is 4.98 Å². The number of likely N-dealkylation sites (tertiary alicyclic amines) is 1. The number of hydrogen-bond acceptors (Lipinski definition) is 4. The molecule has 0 atom stereocenters. The Balaban J connectivity index is 1.44. The molecule has 0 bridgehead atoms. The van der Waals surface area contributed by atoms with Gasteiger partial charge in [-0.15, -0.1) is 0 Å². The van der Waals surface area contributed by atoms with Crippen molar-refractivity contribution in [2.75, 3.05) is 24.5 Å². The molecule has 0 N–H and O–H groups in total. The summed E-state index contributed by atoms with van der Waals surface area (Å²) in [6, 6.07) is 8.37. The first-order valence-electron chi connectivity index (χ1n) is 8.67. The van der Waals surface area contributed by atoms with E-state index in [-0.39, 0.29) is 6.03 Å². The minimum absolute atomic E-state index is 0.130. The van der Waals surface area contributed by atoms with Crippen molar-refractivity contribution >= 4 is 11.7 Å². The van der Waals surface area contributed by atoms with E-state index in [4.69, 9.17) is 4.52 Å². The van der Waals surface area contributed by atoms with E-state index in [2.05, 4.69) is 22.3 Å². The highest BCUT2D eigenvalue weighted by molar-refractivity contribution is 5.93. The van der Waals surface area contributed by atoms with Crippen LogP contribution in [0.3, 0.4) is 0 Å². The molecule has 0 spiro atoms. The second kappa shape index (κ2) is 6.26. The van der Waals surface area contributed by atoms with Crippen molar-refractivity contribution in [1.82, 2.24) is 15.0 Å². The van der Waals surface area contributed by atoms with Crippen LogP contribution in [-0.4, -0.2) is 40.7 Å². The fourth-order valence-corrected chi connectivity index (χ4v) is 3.71. The number of nitrogens with zero attached hydrogens (tertiary/aromatic N) is 4. The first-order chi connectivity index (χ1) is 11.7. The number of urea groups is 1. The van der Waals surface area contributed by atoms with Crippen LogP contribution in [0.5, 0.6) is 0 Å². The third kappa shape index (κ3) is 2.77. The van der Waals surface area contributed by atoms with Gasteiger partial charge in [0, 0.05) is 38.2 Å². The van der Waals surface area contributed by atoms with Crippen molar-refractivity contribution in [3.63, 3.8) is 0 Å². The summed E-state index contributed by atoms with van der Waals surface area (Å²) in [5, 5.41) is 4.03. The summed E-state index contributed by atoms with van der Waals surface area (Å²) in [4.78, 5) is 21.2. The quantitative estimate of drug-likeness (QED) is 0.808. The molecule has 0 aliphatic carbocycles. The number of carbonyl (C=O) groups excluding carboxylic acids is 1. The molecule has 3 heterocycles. The van der Waals surface area contributed by atoms with Gasteiger partial charge in [0.05, 0.1) is 0 Å². The predicted octanol–water partition coefficient (Wildman–Crippen LogP) is 3.13. The van der Waals surface area contributed by atoms with E-state index in [0.717, 1.165) is 56.8 Å². The molecular weight excluding hydrogens is 304 g/mol. The smallest absolute Gasteiger partial charge is 0.324 e. The van der Waals surface area contributed by atoms with Gasteiger partial charge < -0.3 is 9.42 Å². The van der Waals surface area contributed by atoms with Gasteiger partial charge in [0.15, 0.2) is 5.82 Å². The summed E-state index contributed by atoms with van der Waals surface area (Å²) in [6.07, 6.45) is 3.86. The number of anilines is 1. The first kappa shape index (κ1) is 15.2. The Bertz CT molecular complexity index is 734. The molecule has 0 saturated carbocycles. The van der Waals surface area contributed by atoms with Gasteiger partial charge in [0.2, 0.25) is 5.89 Å². The van der Waals surface area contributed by atoms with Gasteiger partial charge in [-0.05, 0) is 37.3 Å². The average molecular weight is 326 g/mol. The van der Waals surface area contributed by atoms with Gasteiger partial charge in [0.1, 0.15) is 0 Å². The number of para-hydroxylation sites is 1. The van der Waals surface area contributed by atoms with Gasteiger partial charge in [-0.3, -0.25) is 4.90 Å². The van der Waals surface area contributed by atoms with Gasteiger partial charge in [-0.25, -0.2) is 4.79 Å². The summed E-state index contributed by atoms with van der Waals surface area (Å²) < 4.78 is 5.08. The molecule has 0 unspecified atom stereocenters. The molecule has 4 rings (SSSR count). The largest absolute Gasteiger partial charge is 0.340 e. The molecule has 2 amide bonds. The highest BCUT2D eigenvalue weighted by atomic mass is 16.5. The minimum atomic E-state index is 0.130. The zero-order valence-electron chi connectivity index (χ0n) is 13.9. The molecule has 6 heteroatoms. The van der Waals surface area contributed by atoms with Crippen molar-refractivity contribution in [2.24, 2.45) is 0 Å². The van der Waals surface area contributed by atoms with E-state index in [1.165, 1.54) is 5.56 Å². The molecule has 1 aromatic carbocycles. The number of aromatic nitrogens is 2. The van der Waals surface area contributed by atoms with Crippen LogP contribution in [0.4, 0.5) is 10.5 Å². The van der Waals surface area contributed by atoms with Crippen molar-refractivity contribution < 1.29 is 9.32 Å². The van der Waals surface area contributed by atoms with Crippen LogP contribution in [0.15, 0.2) is 28.8 Å². The maximum Gasteiger partial charge on any atom is 0.324 e. The fourth-order valence-electron chi connectivity index (χ4n) is 3.71. The Labute approximate surface area is 141 Å². The summed E-state index contributed by atoms with van der Waals surface area (Å²) in [5.41, 5.74) is 2.35. The van der Waals surface area contributed by atoms with Crippen molar-refractivity contribution in [3.8, 4) is 0 Å². The topological polar surface area (TPSA) is 62.5 Å². The zero-order chi connectivity index (χ0) is 16.5. The zero-order valence-corrected chi connectivity index (χ0v) is 13.9. The van der Waals surface area contributed by atoms with Crippen LogP contribution in [0, 0.1) is 6.92 Å². The van der Waals surface area contributed by atoms with E-state index in [0.29, 0.717) is 11.8 Å². The van der Waals surface area contributed by atoms with Crippen LogP contribution in [0.25, 0.3) is 0 Å². The molecule has 24 heavy (non-hydrogen) atoms. The SMILES string of the molecule is Cc1nc(C2CCN(C(=O)N3CCCc4ccccc43)CC2)no1. The maximum atomic E-state index is 13.0. The summed E-state index contributed by atoms with van der Waals surface area (Å²) >= 11 is 0. The van der Waals surface area contributed by atoms with E-state index in [1.54, 1.807) is 0 Å². The number of piperidine rings is 1. The van der Waals surface area contributed by atoms with Crippen molar-refractivity contribution in [2.45, 2.75) is 38.5 Å². The normalized spacial score (nSPS) is 18.5. The number of hydrogen-bond donors (Lipinski definition) is 0. The maximum absolute atomic E-state index is 13.0. The Morgan fingerprint density at radius 2 is 2.00 bits per heavy atom. The lowest BCUT2D eigenvalue weighted by molar-refractivity contribution is 0.185. The van der Waals surface area contributed by atoms with E-state index in [9.17, 15) is 4.79 Å². The summed E-state index contributed by atoms with van der Waals surface area (Å²) in [5.74, 6) is 1.68. The monoisotopic (exact) mass is 326 g/mol. The van der Waals surface area contributed by atoms with Crippen LogP contribution in [-0.2, 0) is 6.42 Å². The number of fused-ring (bicyclic) bond motifs is 1. The Hall–Kier alpha value is -2.37. The molecule has 1 aromatic heterocycles. The van der Waals surface area contributed by atoms with E-state index < -0.39 is 0 Å². The van der Waals surface area contributed by atoms with Crippen LogP contribution in [0.2, 0.25) is 0 Å². The number of carbonyl (C=O) groups is 1. The lowest BCUT2D eigenvalue weighted by atomic mass is 9.96. The first-order valence-corrected chi connectivity index (χ1v) is 8.67. The molecular formula is C18H22N4O2. The number of rotatable bonds is 1. The van der Waals surface area contributed by atoms with Crippen molar-refractivity contribution in [1.29, 1.82) is 0 Å². The molecule has 2 aromatic rings. The lowest BCUT2D eigenvalue weighted by Crippen LogP contribution is -2.48. The standard InChI is InChI=1S/C18H22N4O2/c1-13-19-17(20-24-13)15-8-11-21(12-9-15)18(23)22-10-4-6-14-5-2-3-7-16(14)22/h2-3,5,7,15H,4,6,8-12H2,1H3. The van der Waals surface area contributed by atoms with E-state index >= 15 is 0 Å². The molecule has 6 nitrogen and oxygen atoms in total. The van der Waals surface area contributed by atoms with Gasteiger partial charge in [0.25, 0.3) is 0 Å². The molecule has 126 valence electrons.